The number of aromatic nitrogens is 1. The van der Waals surface area contributed by atoms with Crippen molar-refractivity contribution in [1.82, 2.24) is 14.8 Å². The average molecular weight is 421 g/mol. The molecule has 1 aromatic carbocycles. The van der Waals surface area contributed by atoms with E-state index in [0.29, 0.717) is 5.69 Å². The molecule has 158 valence electrons. The second-order valence-electron chi connectivity index (χ2n) is 6.64. The van der Waals surface area contributed by atoms with E-state index in [9.17, 15) is 14.4 Å². The van der Waals surface area contributed by atoms with E-state index in [4.69, 9.17) is 9.15 Å². The van der Waals surface area contributed by atoms with Crippen LogP contribution in [0.5, 0.6) is 5.75 Å². The monoisotopic (exact) mass is 421 g/mol. The van der Waals surface area contributed by atoms with Crippen molar-refractivity contribution in [2.75, 3.05) is 14.2 Å². The lowest BCUT2D eigenvalue weighted by Gasteiger charge is -2.09. The normalized spacial score (nSPS) is 14.8. The highest BCUT2D eigenvalue weighted by atomic mass is 16.5. The number of nitrogens with zero attached hydrogens (tertiary/aromatic N) is 2. The molecule has 3 amide bonds. The molecule has 0 atom stereocenters. The highest BCUT2D eigenvalue weighted by Gasteiger charge is 2.34. The van der Waals surface area contributed by atoms with Gasteiger partial charge in [0.1, 0.15) is 17.2 Å². The van der Waals surface area contributed by atoms with E-state index >= 15 is 0 Å². The molecule has 0 bridgehead atoms. The number of esters is 1. The van der Waals surface area contributed by atoms with E-state index in [2.05, 4.69) is 10.1 Å². The smallest absolute Gasteiger partial charge is 0.373 e. The van der Waals surface area contributed by atoms with E-state index in [-0.39, 0.29) is 23.8 Å². The molecular weight excluding hydrogens is 402 g/mol. The summed E-state index contributed by atoms with van der Waals surface area (Å²) in [6, 6.07) is 13.5. The van der Waals surface area contributed by atoms with Gasteiger partial charge in [-0.2, -0.15) is 0 Å². The van der Waals surface area contributed by atoms with Gasteiger partial charge < -0.3 is 23.8 Å². The minimum Gasteiger partial charge on any atom is -0.497 e. The number of rotatable bonds is 6. The van der Waals surface area contributed by atoms with Crippen LogP contribution in [0, 0.1) is 0 Å². The van der Waals surface area contributed by atoms with Crippen LogP contribution >= 0.6 is 0 Å². The van der Waals surface area contributed by atoms with E-state index in [0.717, 1.165) is 16.3 Å². The molecule has 0 radical (unpaired) electrons. The standard InChI is InChI=1S/C22H19N3O6/c1-29-16-7-5-14(6-8-16)24-11-3-4-15(24)12-18-20(26)25(22(28)23-18)13-17-9-10-19(31-17)21(27)30-2/h3-12H,13H2,1-2H3,(H,23,28). The summed E-state index contributed by atoms with van der Waals surface area (Å²) in [5.41, 5.74) is 1.72. The first kappa shape index (κ1) is 20.0. The Kier molecular flexibility index (Phi) is 5.31. The molecule has 1 fully saturated rings. The number of amides is 3. The molecule has 9 nitrogen and oxygen atoms in total. The number of nitrogens with one attached hydrogen (secondary N) is 1. The predicted molar refractivity (Wildman–Crippen MR) is 109 cm³/mol. The molecule has 0 saturated carbocycles. The maximum absolute atomic E-state index is 12.8. The molecule has 4 rings (SSSR count). The number of hydrogen-bond acceptors (Lipinski definition) is 6. The fourth-order valence-electron chi connectivity index (χ4n) is 3.18. The van der Waals surface area contributed by atoms with E-state index in [1.165, 1.54) is 19.2 Å². The number of benzene rings is 1. The van der Waals surface area contributed by atoms with Crippen molar-refractivity contribution in [2.24, 2.45) is 0 Å². The Morgan fingerprint density at radius 1 is 1.10 bits per heavy atom. The molecule has 2 aromatic heterocycles. The molecule has 0 unspecified atom stereocenters. The van der Waals surface area contributed by atoms with Gasteiger partial charge in [-0.15, -0.1) is 0 Å². The van der Waals surface area contributed by atoms with Crippen LogP contribution in [0.15, 0.2) is 64.8 Å². The van der Waals surface area contributed by atoms with Crippen molar-refractivity contribution >= 4 is 24.0 Å². The number of carbonyl (C=O) groups is 3. The Balaban J connectivity index is 1.54. The Labute approximate surface area is 177 Å². The minimum absolute atomic E-state index is 0.00219. The van der Waals surface area contributed by atoms with Crippen LogP contribution in [0.2, 0.25) is 0 Å². The van der Waals surface area contributed by atoms with Crippen LogP contribution in [0.4, 0.5) is 4.79 Å². The number of methoxy groups -OCH3 is 2. The van der Waals surface area contributed by atoms with Crippen molar-refractivity contribution in [2.45, 2.75) is 6.54 Å². The Hall–Kier alpha value is -4.27. The SMILES string of the molecule is COC(=O)c1ccc(CN2C(=O)NC(=Cc3cccn3-c3ccc(OC)cc3)C2=O)o1. The molecule has 1 aliphatic rings. The lowest BCUT2D eigenvalue weighted by atomic mass is 10.2. The molecule has 3 heterocycles. The summed E-state index contributed by atoms with van der Waals surface area (Å²) in [5, 5.41) is 2.58. The lowest BCUT2D eigenvalue weighted by Crippen LogP contribution is -2.30. The third-order valence-corrected chi connectivity index (χ3v) is 4.75. The van der Waals surface area contributed by atoms with Gasteiger partial charge in [-0.3, -0.25) is 9.69 Å². The molecular formula is C22H19N3O6. The van der Waals surface area contributed by atoms with Crippen molar-refractivity contribution in [3.8, 4) is 11.4 Å². The van der Waals surface area contributed by atoms with Gasteiger partial charge in [0.05, 0.1) is 20.8 Å². The van der Waals surface area contributed by atoms with Gasteiger partial charge in [-0.1, -0.05) is 0 Å². The highest BCUT2D eigenvalue weighted by Crippen LogP contribution is 2.22. The van der Waals surface area contributed by atoms with Crippen LogP contribution < -0.4 is 10.1 Å². The summed E-state index contributed by atoms with van der Waals surface area (Å²) in [7, 11) is 2.83. The average Bonchev–Trinajstić information content (AvgIpc) is 3.50. The fraction of sp³-hybridized carbons (Fsp3) is 0.136. The molecule has 1 saturated heterocycles. The van der Waals surface area contributed by atoms with Gasteiger partial charge in [0.2, 0.25) is 5.76 Å². The van der Waals surface area contributed by atoms with Gasteiger partial charge in [-0.25, -0.2) is 9.59 Å². The number of ether oxygens (including phenoxy) is 2. The number of furan rings is 1. The molecule has 3 aromatic rings. The molecule has 1 aliphatic heterocycles. The van der Waals surface area contributed by atoms with Gasteiger partial charge in [-0.05, 0) is 54.6 Å². The molecule has 9 heteroatoms. The number of hydrogen-bond donors (Lipinski definition) is 1. The predicted octanol–water partition coefficient (Wildman–Crippen LogP) is 2.96. The van der Waals surface area contributed by atoms with Crippen LogP contribution in [-0.2, 0) is 16.1 Å². The van der Waals surface area contributed by atoms with E-state index in [1.54, 1.807) is 13.2 Å². The Morgan fingerprint density at radius 3 is 2.58 bits per heavy atom. The zero-order chi connectivity index (χ0) is 22.0. The highest BCUT2D eigenvalue weighted by molar-refractivity contribution is 6.13. The maximum Gasteiger partial charge on any atom is 0.373 e. The molecule has 0 spiro atoms. The van der Waals surface area contributed by atoms with Crippen molar-refractivity contribution in [1.29, 1.82) is 0 Å². The van der Waals surface area contributed by atoms with Crippen molar-refractivity contribution in [3.05, 3.63) is 77.6 Å². The molecule has 0 aliphatic carbocycles. The number of carbonyl (C=O) groups excluding carboxylic acids is 3. The van der Waals surface area contributed by atoms with Crippen LogP contribution in [0.25, 0.3) is 11.8 Å². The zero-order valence-electron chi connectivity index (χ0n) is 16.8. The van der Waals surface area contributed by atoms with E-state index < -0.39 is 17.9 Å². The summed E-state index contributed by atoms with van der Waals surface area (Å²) in [4.78, 5) is 37.7. The van der Waals surface area contributed by atoms with Gasteiger partial charge in [0.15, 0.2) is 0 Å². The summed E-state index contributed by atoms with van der Waals surface area (Å²) < 4.78 is 17.0. The minimum atomic E-state index is -0.636. The van der Waals surface area contributed by atoms with Gasteiger partial charge in [0, 0.05) is 17.6 Å². The first-order valence-electron chi connectivity index (χ1n) is 9.33. The quantitative estimate of drug-likeness (QED) is 0.373. The van der Waals surface area contributed by atoms with Crippen molar-refractivity contribution < 1.29 is 28.3 Å². The first-order valence-corrected chi connectivity index (χ1v) is 9.33. The molecule has 1 N–H and O–H groups in total. The van der Waals surface area contributed by atoms with E-state index in [1.807, 2.05) is 47.2 Å². The largest absolute Gasteiger partial charge is 0.497 e. The maximum atomic E-state index is 12.8. The second-order valence-corrected chi connectivity index (χ2v) is 6.64. The van der Waals surface area contributed by atoms with Crippen LogP contribution in [0.1, 0.15) is 22.0 Å². The summed E-state index contributed by atoms with van der Waals surface area (Å²) >= 11 is 0. The van der Waals surface area contributed by atoms with Gasteiger partial charge in [0.25, 0.3) is 5.91 Å². The topological polar surface area (TPSA) is 103 Å². The number of imide groups is 1. The second kappa shape index (κ2) is 8.23. The Bertz CT molecular complexity index is 1170. The third kappa shape index (κ3) is 3.93. The Morgan fingerprint density at radius 2 is 1.87 bits per heavy atom. The third-order valence-electron chi connectivity index (χ3n) is 4.75. The van der Waals surface area contributed by atoms with Crippen molar-refractivity contribution in [3.63, 3.8) is 0 Å². The number of urea groups is 1. The van der Waals surface area contributed by atoms with Crippen LogP contribution in [0.3, 0.4) is 0 Å². The zero-order valence-corrected chi connectivity index (χ0v) is 16.8. The lowest BCUT2D eigenvalue weighted by molar-refractivity contribution is -0.123. The molecule has 31 heavy (non-hydrogen) atoms. The fourth-order valence-corrected chi connectivity index (χ4v) is 3.18. The van der Waals surface area contributed by atoms with Crippen LogP contribution in [-0.4, -0.2) is 41.6 Å². The first-order chi connectivity index (χ1) is 15.0. The summed E-state index contributed by atoms with van der Waals surface area (Å²) in [6.07, 6.45) is 3.46. The van der Waals surface area contributed by atoms with Gasteiger partial charge >= 0.3 is 12.0 Å². The summed E-state index contributed by atoms with van der Waals surface area (Å²) in [6.45, 7) is -0.113. The summed E-state index contributed by atoms with van der Waals surface area (Å²) in [5.74, 6) is -0.116.